The Kier molecular flexibility index (Phi) is 7.17. The van der Waals surface area contributed by atoms with E-state index < -0.39 is 0 Å². The topological polar surface area (TPSA) is 28.4 Å². The Morgan fingerprint density at radius 1 is 1.26 bits per heavy atom. The molecule has 1 rings (SSSR count). The lowest BCUT2D eigenvalue weighted by atomic mass is 9.81. The largest absolute Gasteiger partial charge is 0.468 e. The number of nitrogens with one attached hydrogen (secondary N) is 1. The van der Waals surface area contributed by atoms with E-state index in [2.05, 4.69) is 38.0 Å². The highest BCUT2D eigenvalue weighted by atomic mass is 16.3. The molecule has 0 aliphatic rings. The maximum Gasteiger partial charge on any atom is 0.117 e. The number of hydrogen-bond donors (Lipinski definition) is 1. The van der Waals surface area contributed by atoms with Crippen LogP contribution < -0.4 is 5.32 Å². The van der Waals surface area contributed by atoms with E-state index in [1.807, 2.05) is 12.1 Å². The van der Waals surface area contributed by atoms with Gasteiger partial charge in [-0.1, -0.05) is 20.8 Å². The van der Waals surface area contributed by atoms with Crippen LogP contribution in [0.15, 0.2) is 22.8 Å². The molecule has 19 heavy (non-hydrogen) atoms. The molecule has 0 radical (unpaired) electrons. The van der Waals surface area contributed by atoms with E-state index in [1.165, 1.54) is 19.3 Å². The molecule has 1 aromatic heterocycles. The second-order valence-corrected chi connectivity index (χ2v) is 5.64. The highest BCUT2D eigenvalue weighted by Crippen LogP contribution is 2.27. The third-order valence-electron chi connectivity index (χ3n) is 4.04. The zero-order valence-electron chi connectivity index (χ0n) is 13.0. The zero-order chi connectivity index (χ0) is 14.1. The Morgan fingerprint density at radius 3 is 2.53 bits per heavy atom. The molecule has 0 saturated carbocycles. The normalized spacial score (nSPS) is 12.3. The monoisotopic (exact) mass is 266 g/mol. The maximum atomic E-state index is 5.43. The van der Waals surface area contributed by atoms with Crippen molar-refractivity contribution >= 4 is 0 Å². The van der Waals surface area contributed by atoms with Crippen LogP contribution in [0.25, 0.3) is 0 Å². The number of rotatable bonds is 10. The SMILES string of the molecule is CCCNCC(CC)(CC)CN(C)Cc1ccco1. The Hall–Kier alpha value is -0.800. The van der Waals surface area contributed by atoms with Crippen molar-refractivity contribution < 1.29 is 4.42 Å². The molecule has 1 aromatic rings. The molecule has 1 heterocycles. The highest BCUT2D eigenvalue weighted by molar-refractivity contribution is 4.98. The fourth-order valence-corrected chi connectivity index (χ4v) is 2.61. The molecule has 0 aliphatic carbocycles. The summed E-state index contributed by atoms with van der Waals surface area (Å²) in [6.45, 7) is 11.0. The molecule has 0 spiro atoms. The van der Waals surface area contributed by atoms with Gasteiger partial charge in [0.05, 0.1) is 12.8 Å². The molecule has 0 aromatic carbocycles. The van der Waals surface area contributed by atoms with Gasteiger partial charge in [-0.25, -0.2) is 0 Å². The van der Waals surface area contributed by atoms with E-state index in [0.29, 0.717) is 5.41 Å². The van der Waals surface area contributed by atoms with Crippen LogP contribution in [0.4, 0.5) is 0 Å². The minimum atomic E-state index is 0.372. The van der Waals surface area contributed by atoms with Gasteiger partial charge < -0.3 is 9.73 Å². The van der Waals surface area contributed by atoms with Crippen molar-refractivity contribution in [1.29, 1.82) is 0 Å². The van der Waals surface area contributed by atoms with Gasteiger partial charge in [-0.05, 0) is 50.4 Å². The van der Waals surface area contributed by atoms with Crippen LogP contribution in [0.5, 0.6) is 0 Å². The second-order valence-electron chi connectivity index (χ2n) is 5.64. The summed E-state index contributed by atoms with van der Waals surface area (Å²) < 4.78 is 5.43. The van der Waals surface area contributed by atoms with E-state index in [9.17, 15) is 0 Å². The zero-order valence-corrected chi connectivity index (χ0v) is 13.0. The lowest BCUT2D eigenvalue weighted by molar-refractivity contribution is 0.145. The van der Waals surface area contributed by atoms with Crippen molar-refractivity contribution in [3.63, 3.8) is 0 Å². The predicted molar refractivity (Wildman–Crippen MR) is 81.2 cm³/mol. The summed E-state index contributed by atoms with van der Waals surface area (Å²) in [6.07, 6.45) is 5.37. The standard InChI is InChI=1S/C16H30N2O/c1-5-10-17-13-16(6-2,7-3)14-18(4)12-15-9-8-11-19-15/h8-9,11,17H,5-7,10,12-14H2,1-4H3. The van der Waals surface area contributed by atoms with Gasteiger partial charge >= 0.3 is 0 Å². The first-order valence-electron chi connectivity index (χ1n) is 7.57. The van der Waals surface area contributed by atoms with Crippen molar-refractivity contribution in [3.05, 3.63) is 24.2 Å². The van der Waals surface area contributed by atoms with Gasteiger partial charge in [0.25, 0.3) is 0 Å². The summed E-state index contributed by atoms with van der Waals surface area (Å²) in [6, 6.07) is 4.00. The van der Waals surface area contributed by atoms with E-state index >= 15 is 0 Å². The van der Waals surface area contributed by atoms with Gasteiger partial charge in [0, 0.05) is 13.1 Å². The van der Waals surface area contributed by atoms with Gasteiger partial charge in [-0.2, -0.15) is 0 Å². The Labute approximate surface area is 118 Å². The smallest absolute Gasteiger partial charge is 0.117 e. The summed E-state index contributed by atoms with van der Waals surface area (Å²) in [5.74, 6) is 1.05. The van der Waals surface area contributed by atoms with E-state index in [4.69, 9.17) is 4.42 Å². The highest BCUT2D eigenvalue weighted by Gasteiger charge is 2.27. The first-order valence-corrected chi connectivity index (χ1v) is 7.57. The number of hydrogen-bond acceptors (Lipinski definition) is 3. The first kappa shape index (κ1) is 16.3. The molecule has 0 aliphatic heterocycles. The summed E-state index contributed by atoms with van der Waals surface area (Å²) in [5.41, 5.74) is 0.372. The quantitative estimate of drug-likeness (QED) is 0.657. The Morgan fingerprint density at radius 2 is 2.00 bits per heavy atom. The van der Waals surface area contributed by atoms with Crippen molar-refractivity contribution in [2.24, 2.45) is 5.41 Å². The van der Waals surface area contributed by atoms with Gasteiger partial charge in [0.1, 0.15) is 5.76 Å². The molecular formula is C16H30N2O. The Balaban J connectivity index is 2.50. The number of furan rings is 1. The lowest BCUT2D eigenvalue weighted by Gasteiger charge is -2.36. The summed E-state index contributed by atoms with van der Waals surface area (Å²) in [5, 5.41) is 3.59. The van der Waals surface area contributed by atoms with Crippen LogP contribution in [-0.4, -0.2) is 31.6 Å². The molecule has 3 nitrogen and oxygen atoms in total. The van der Waals surface area contributed by atoms with Gasteiger partial charge in [0.2, 0.25) is 0 Å². The third kappa shape index (κ3) is 5.37. The van der Waals surface area contributed by atoms with Crippen LogP contribution in [0.2, 0.25) is 0 Å². The molecule has 110 valence electrons. The summed E-state index contributed by atoms with van der Waals surface area (Å²) >= 11 is 0. The average molecular weight is 266 g/mol. The molecule has 0 bridgehead atoms. The molecule has 0 amide bonds. The molecule has 0 unspecified atom stereocenters. The van der Waals surface area contributed by atoms with Gasteiger partial charge in [0.15, 0.2) is 0 Å². The van der Waals surface area contributed by atoms with E-state index in [-0.39, 0.29) is 0 Å². The van der Waals surface area contributed by atoms with Crippen LogP contribution in [0.1, 0.15) is 45.8 Å². The Bertz CT molecular complexity index is 317. The summed E-state index contributed by atoms with van der Waals surface area (Å²) in [4.78, 5) is 2.37. The molecule has 0 saturated heterocycles. The maximum absolute atomic E-state index is 5.43. The van der Waals surface area contributed by atoms with E-state index in [1.54, 1.807) is 6.26 Å². The van der Waals surface area contributed by atoms with Crippen molar-refractivity contribution in [1.82, 2.24) is 10.2 Å². The lowest BCUT2D eigenvalue weighted by Crippen LogP contribution is -2.42. The van der Waals surface area contributed by atoms with Crippen LogP contribution in [-0.2, 0) is 6.54 Å². The van der Waals surface area contributed by atoms with Gasteiger partial charge in [-0.15, -0.1) is 0 Å². The second kappa shape index (κ2) is 8.39. The minimum absolute atomic E-state index is 0.372. The van der Waals surface area contributed by atoms with E-state index in [0.717, 1.165) is 31.9 Å². The molecule has 1 N–H and O–H groups in total. The van der Waals surface area contributed by atoms with Crippen LogP contribution >= 0.6 is 0 Å². The average Bonchev–Trinajstić information content (AvgIpc) is 2.90. The predicted octanol–water partition coefficient (Wildman–Crippen LogP) is 3.52. The fraction of sp³-hybridized carbons (Fsp3) is 0.750. The molecule has 0 fully saturated rings. The third-order valence-corrected chi connectivity index (χ3v) is 4.04. The van der Waals surface area contributed by atoms with Crippen molar-refractivity contribution in [3.8, 4) is 0 Å². The first-order chi connectivity index (χ1) is 9.15. The molecule has 3 heteroatoms. The van der Waals surface area contributed by atoms with Crippen molar-refractivity contribution in [2.45, 2.75) is 46.6 Å². The minimum Gasteiger partial charge on any atom is -0.468 e. The van der Waals surface area contributed by atoms with Crippen molar-refractivity contribution in [2.75, 3.05) is 26.7 Å². The number of nitrogens with zero attached hydrogens (tertiary/aromatic N) is 1. The van der Waals surface area contributed by atoms with Crippen LogP contribution in [0.3, 0.4) is 0 Å². The molecular weight excluding hydrogens is 236 g/mol. The summed E-state index contributed by atoms with van der Waals surface area (Å²) in [7, 11) is 2.18. The van der Waals surface area contributed by atoms with Crippen LogP contribution in [0, 0.1) is 5.41 Å². The molecule has 0 atom stereocenters. The van der Waals surface area contributed by atoms with Gasteiger partial charge in [-0.3, -0.25) is 4.90 Å². The fourth-order valence-electron chi connectivity index (χ4n) is 2.61.